The number of carbonyl (C=O) groups excluding carboxylic acids is 1. The van der Waals surface area contributed by atoms with Gasteiger partial charge in [-0.1, -0.05) is 6.92 Å². The lowest BCUT2D eigenvalue weighted by atomic mass is 10.1. The molecule has 0 saturated carbocycles. The van der Waals surface area contributed by atoms with E-state index in [1.54, 1.807) is 0 Å². The molecule has 62 valence electrons. The second-order valence-corrected chi connectivity index (χ2v) is 2.80. The highest BCUT2D eigenvalue weighted by molar-refractivity contribution is 5.79. The fourth-order valence-corrected chi connectivity index (χ4v) is 1.24. The summed E-state index contributed by atoms with van der Waals surface area (Å²) >= 11 is 0. The highest BCUT2D eigenvalue weighted by Crippen LogP contribution is 2.01. The molecule has 1 aliphatic rings. The molecule has 0 amide bonds. The first-order chi connectivity index (χ1) is 5.24. The van der Waals surface area contributed by atoms with Crippen LogP contribution >= 0.6 is 0 Å². The second kappa shape index (κ2) is 3.51. The third kappa shape index (κ3) is 2.03. The minimum absolute atomic E-state index is 0.310. The summed E-state index contributed by atoms with van der Waals surface area (Å²) in [5, 5.41) is 9.30. The lowest BCUT2D eigenvalue weighted by Gasteiger charge is -2.09. The molecule has 1 aliphatic heterocycles. The fraction of sp³-hybridized carbons (Fsp3) is 0.750. The maximum Gasteiger partial charge on any atom is 0.333 e. The van der Waals surface area contributed by atoms with Crippen LogP contribution in [0.15, 0.2) is 0 Å². The van der Waals surface area contributed by atoms with Crippen molar-refractivity contribution in [2.45, 2.75) is 26.2 Å². The molecule has 0 aromatic rings. The van der Waals surface area contributed by atoms with E-state index in [2.05, 4.69) is 0 Å². The van der Waals surface area contributed by atoms with Crippen molar-refractivity contribution in [3.05, 3.63) is 0 Å². The zero-order valence-corrected chi connectivity index (χ0v) is 6.84. The minimum atomic E-state index is 0.310. The standard InChI is InChI=1S/C8H13NO2/c1-2-8(11)9-5-3-7(10)4-6-9/h2-6H2,1H3/p+1. The van der Waals surface area contributed by atoms with Gasteiger partial charge in [0.05, 0.1) is 19.3 Å². The number of rotatable bonds is 1. The van der Waals surface area contributed by atoms with E-state index < -0.39 is 0 Å². The largest absolute Gasteiger partial charge is 0.464 e. The molecule has 3 nitrogen and oxygen atoms in total. The number of aliphatic hydroxyl groups excluding tert-OH is 1. The molecule has 0 aliphatic carbocycles. The summed E-state index contributed by atoms with van der Waals surface area (Å²) in [7, 11) is 0. The van der Waals surface area contributed by atoms with Crippen LogP contribution in [-0.2, 0) is 4.79 Å². The smallest absolute Gasteiger partial charge is 0.333 e. The summed E-state index contributed by atoms with van der Waals surface area (Å²) in [4.78, 5) is 10.8. The van der Waals surface area contributed by atoms with Gasteiger partial charge in [0.25, 0.3) is 0 Å². The van der Waals surface area contributed by atoms with E-state index in [4.69, 9.17) is 0 Å². The van der Waals surface area contributed by atoms with Crippen LogP contribution in [0.1, 0.15) is 26.2 Å². The quantitative estimate of drug-likeness (QED) is 0.449. The van der Waals surface area contributed by atoms with Crippen molar-refractivity contribution < 1.29 is 14.5 Å². The summed E-state index contributed by atoms with van der Waals surface area (Å²) in [6.45, 7) is 3.29. The first-order valence-electron chi connectivity index (χ1n) is 4.05. The van der Waals surface area contributed by atoms with E-state index in [1.807, 2.05) is 11.5 Å². The summed E-state index contributed by atoms with van der Waals surface area (Å²) in [6, 6.07) is 0. The lowest BCUT2D eigenvalue weighted by Crippen LogP contribution is -2.30. The number of piperidine rings is 1. The van der Waals surface area contributed by atoms with Crippen molar-refractivity contribution >= 4 is 11.7 Å². The molecule has 0 radical (unpaired) electrons. The Labute approximate surface area is 66.3 Å². The number of ketones is 1. The van der Waals surface area contributed by atoms with Crippen LogP contribution in [-0.4, -0.2) is 34.5 Å². The van der Waals surface area contributed by atoms with Gasteiger partial charge in [-0.15, -0.1) is 0 Å². The Morgan fingerprint density at radius 2 is 2.09 bits per heavy atom. The van der Waals surface area contributed by atoms with Crippen LogP contribution < -0.4 is 0 Å². The van der Waals surface area contributed by atoms with E-state index in [1.165, 1.54) is 0 Å². The Kier molecular flexibility index (Phi) is 2.63. The highest BCUT2D eigenvalue weighted by atomic mass is 16.3. The van der Waals surface area contributed by atoms with Crippen LogP contribution in [0.5, 0.6) is 0 Å². The number of hydrogen-bond donors (Lipinski definition) is 1. The third-order valence-corrected chi connectivity index (χ3v) is 2.00. The number of carbonyl (C=O) groups is 1. The van der Waals surface area contributed by atoms with Gasteiger partial charge in [-0.3, -0.25) is 4.79 Å². The highest BCUT2D eigenvalue weighted by Gasteiger charge is 2.20. The zero-order chi connectivity index (χ0) is 8.27. The van der Waals surface area contributed by atoms with Gasteiger partial charge in [0, 0.05) is 0 Å². The summed E-state index contributed by atoms with van der Waals surface area (Å²) in [5.74, 6) is 0.725. The molecular formula is C8H14NO2+. The fourth-order valence-electron chi connectivity index (χ4n) is 1.24. The molecule has 0 atom stereocenters. The molecule has 1 fully saturated rings. The molecule has 0 unspecified atom stereocenters. The molecule has 11 heavy (non-hydrogen) atoms. The van der Waals surface area contributed by atoms with Crippen LogP contribution in [0.3, 0.4) is 0 Å². The Bertz CT molecular complexity index is 184. The topological polar surface area (TPSA) is 40.3 Å². The summed E-state index contributed by atoms with van der Waals surface area (Å²) < 4.78 is 1.88. The van der Waals surface area contributed by atoms with Crippen LogP contribution in [0, 0.1) is 0 Å². The van der Waals surface area contributed by atoms with E-state index in [0.717, 1.165) is 0 Å². The SMILES string of the molecule is CCC(O)=[N+]1CCC(=O)CC1. The molecule has 0 aromatic carbocycles. The van der Waals surface area contributed by atoms with Gasteiger partial charge < -0.3 is 5.11 Å². The number of nitrogens with zero attached hydrogens (tertiary/aromatic N) is 1. The maximum atomic E-state index is 10.8. The van der Waals surface area contributed by atoms with Crippen LogP contribution in [0.25, 0.3) is 0 Å². The third-order valence-electron chi connectivity index (χ3n) is 2.00. The normalized spacial score (nSPS) is 18.6. The number of hydrogen-bond acceptors (Lipinski definition) is 1. The molecule has 0 spiro atoms. The Morgan fingerprint density at radius 3 is 2.55 bits per heavy atom. The van der Waals surface area contributed by atoms with Gasteiger partial charge in [0.1, 0.15) is 5.78 Å². The molecule has 1 N–H and O–H groups in total. The Balaban J connectivity index is 2.57. The molecule has 1 heterocycles. The van der Waals surface area contributed by atoms with Crippen molar-refractivity contribution in [2.75, 3.05) is 13.1 Å². The number of Topliss-reactive ketones (excluding diaryl/α,β-unsaturated/α-hetero) is 1. The molecule has 0 bridgehead atoms. The van der Waals surface area contributed by atoms with Crippen molar-refractivity contribution in [3.63, 3.8) is 0 Å². The second-order valence-electron chi connectivity index (χ2n) is 2.80. The first-order valence-corrected chi connectivity index (χ1v) is 4.05. The Hall–Kier alpha value is -0.860. The van der Waals surface area contributed by atoms with Gasteiger partial charge in [0.15, 0.2) is 13.1 Å². The van der Waals surface area contributed by atoms with Crippen LogP contribution in [0.2, 0.25) is 0 Å². The minimum Gasteiger partial charge on any atom is -0.464 e. The van der Waals surface area contributed by atoms with Crippen molar-refractivity contribution in [1.29, 1.82) is 0 Å². The van der Waals surface area contributed by atoms with Gasteiger partial charge in [-0.2, -0.15) is 0 Å². The average Bonchev–Trinajstić information content (AvgIpc) is 2.05. The Morgan fingerprint density at radius 1 is 1.55 bits per heavy atom. The van der Waals surface area contributed by atoms with E-state index in [9.17, 15) is 9.90 Å². The molecule has 3 heteroatoms. The molecule has 1 rings (SSSR count). The monoisotopic (exact) mass is 156 g/mol. The number of aliphatic hydroxyl groups is 1. The van der Waals surface area contributed by atoms with Crippen molar-refractivity contribution in [2.24, 2.45) is 0 Å². The molecular weight excluding hydrogens is 142 g/mol. The van der Waals surface area contributed by atoms with E-state index in [0.29, 0.717) is 44.0 Å². The first kappa shape index (κ1) is 8.24. The lowest BCUT2D eigenvalue weighted by molar-refractivity contribution is -0.539. The predicted molar refractivity (Wildman–Crippen MR) is 42.2 cm³/mol. The van der Waals surface area contributed by atoms with E-state index in [-0.39, 0.29) is 0 Å². The summed E-state index contributed by atoms with van der Waals surface area (Å²) in [5.41, 5.74) is 0. The van der Waals surface area contributed by atoms with Gasteiger partial charge >= 0.3 is 5.90 Å². The predicted octanol–water partition coefficient (Wildman–Crippen LogP) is 0.728. The van der Waals surface area contributed by atoms with Gasteiger partial charge in [-0.25, -0.2) is 4.58 Å². The van der Waals surface area contributed by atoms with Gasteiger partial charge in [-0.05, 0) is 0 Å². The van der Waals surface area contributed by atoms with Crippen LogP contribution in [0.4, 0.5) is 0 Å². The van der Waals surface area contributed by atoms with Crippen molar-refractivity contribution in [1.82, 2.24) is 0 Å². The van der Waals surface area contributed by atoms with Gasteiger partial charge in [0.2, 0.25) is 0 Å². The van der Waals surface area contributed by atoms with Crippen molar-refractivity contribution in [3.8, 4) is 0 Å². The summed E-state index contributed by atoms with van der Waals surface area (Å²) in [6.07, 6.45) is 1.84. The maximum absolute atomic E-state index is 10.8. The molecule has 0 aromatic heterocycles. The zero-order valence-electron chi connectivity index (χ0n) is 6.84. The van der Waals surface area contributed by atoms with E-state index >= 15 is 0 Å². The average molecular weight is 156 g/mol. The molecule has 1 saturated heterocycles.